The predicted octanol–water partition coefficient (Wildman–Crippen LogP) is 1.29. The van der Waals surface area contributed by atoms with Gasteiger partial charge in [-0.2, -0.15) is 5.26 Å². The van der Waals surface area contributed by atoms with Gasteiger partial charge in [0.1, 0.15) is 5.54 Å². The molecule has 0 aliphatic rings. The smallest absolute Gasteiger partial charge is 0.104 e. The molecular formula is C10H16N4. The van der Waals surface area contributed by atoms with E-state index in [0.29, 0.717) is 6.42 Å². The maximum atomic E-state index is 8.85. The molecule has 0 aliphatic heterocycles. The number of nitriles is 1. The third-order valence-electron chi connectivity index (χ3n) is 2.45. The molecule has 0 aliphatic carbocycles. The summed E-state index contributed by atoms with van der Waals surface area (Å²) < 4.78 is 1.99. The van der Waals surface area contributed by atoms with Crippen LogP contribution in [0.2, 0.25) is 0 Å². The lowest BCUT2D eigenvalue weighted by molar-refractivity contribution is 0.444. The average Bonchev–Trinajstić information content (AvgIpc) is 2.70. The zero-order valence-corrected chi connectivity index (χ0v) is 8.48. The first-order valence-electron chi connectivity index (χ1n) is 4.86. The van der Waals surface area contributed by atoms with Gasteiger partial charge in [-0.05, 0) is 19.3 Å². The van der Waals surface area contributed by atoms with Crippen LogP contribution in [0.4, 0.5) is 0 Å². The monoisotopic (exact) mass is 192 g/mol. The van der Waals surface area contributed by atoms with Crippen molar-refractivity contribution in [3.05, 3.63) is 18.7 Å². The summed E-state index contributed by atoms with van der Waals surface area (Å²) in [6.07, 6.45) is 7.78. The van der Waals surface area contributed by atoms with Crippen LogP contribution in [0.5, 0.6) is 0 Å². The SMILES string of the molecule is CCC(N)(C#N)CCCn1ccnc1. The highest BCUT2D eigenvalue weighted by Crippen LogP contribution is 2.13. The molecule has 4 nitrogen and oxygen atoms in total. The molecule has 76 valence electrons. The molecule has 1 heterocycles. The lowest BCUT2D eigenvalue weighted by atomic mass is 9.93. The van der Waals surface area contributed by atoms with E-state index in [1.165, 1.54) is 0 Å². The van der Waals surface area contributed by atoms with Gasteiger partial charge in [-0.3, -0.25) is 0 Å². The topological polar surface area (TPSA) is 67.6 Å². The molecule has 0 amide bonds. The maximum Gasteiger partial charge on any atom is 0.104 e. The second-order valence-electron chi connectivity index (χ2n) is 3.53. The highest BCUT2D eigenvalue weighted by Gasteiger charge is 2.20. The van der Waals surface area contributed by atoms with Gasteiger partial charge in [-0.15, -0.1) is 0 Å². The third kappa shape index (κ3) is 2.86. The Morgan fingerprint density at radius 1 is 1.64 bits per heavy atom. The van der Waals surface area contributed by atoms with E-state index >= 15 is 0 Å². The van der Waals surface area contributed by atoms with Crippen molar-refractivity contribution >= 4 is 0 Å². The summed E-state index contributed by atoms with van der Waals surface area (Å²) in [4.78, 5) is 3.94. The molecule has 0 bridgehead atoms. The first kappa shape index (κ1) is 10.7. The fourth-order valence-electron chi connectivity index (χ4n) is 1.31. The van der Waals surface area contributed by atoms with E-state index in [1.807, 2.05) is 17.7 Å². The van der Waals surface area contributed by atoms with E-state index in [4.69, 9.17) is 11.0 Å². The van der Waals surface area contributed by atoms with Gasteiger partial charge in [0, 0.05) is 18.9 Å². The summed E-state index contributed by atoms with van der Waals surface area (Å²) in [5.74, 6) is 0. The molecule has 2 N–H and O–H groups in total. The van der Waals surface area contributed by atoms with Gasteiger partial charge in [0.25, 0.3) is 0 Å². The second kappa shape index (κ2) is 4.77. The number of rotatable bonds is 5. The third-order valence-corrected chi connectivity index (χ3v) is 2.45. The Hall–Kier alpha value is -1.34. The van der Waals surface area contributed by atoms with E-state index in [-0.39, 0.29) is 0 Å². The summed E-state index contributed by atoms with van der Waals surface area (Å²) in [6, 6.07) is 2.16. The van der Waals surface area contributed by atoms with Gasteiger partial charge in [-0.25, -0.2) is 4.98 Å². The van der Waals surface area contributed by atoms with Crippen molar-refractivity contribution in [1.29, 1.82) is 5.26 Å². The Labute approximate surface area is 84.4 Å². The van der Waals surface area contributed by atoms with Crippen LogP contribution >= 0.6 is 0 Å². The molecule has 0 saturated carbocycles. The normalized spacial score (nSPS) is 14.6. The molecular weight excluding hydrogens is 176 g/mol. The zero-order valence-electron chi connectivity index (χ0n) is 8.48. The number of hydrogen-bond donors (Lipinski definition) is 1. The minimum Gasteiger partial charge on any atom is -0.337 e. The van der Waals surface area contributed by atoms with Crippen LogP contribution in [-0.4, -0.2) is 15.1 Å². The van der Waals surface area contributed by atoms with Gasteiger partial charge < -0.3 is 10.3 Å². The molecule has 0 aromatic carbocycles. The van der Waals surface area contributed by atoms with Gasteiger partial charge in [-0.1, -0.05) is 6.92 Å². The highest BCUT2D eigenvalue weighted by atomic mass is 15.0. The average molecular weight is 192 g/mol. The van der Waals surface area contributed by atoms with Crippen LogP contribution in [0, 0.1) is 11.3 Å². The van der Waals surface area contributed by atoms with E-state index in [2.05, 4.69) is 11.1 Å². The quantitative estimate of drug-likeness (QED) is 0.764. The molecule has 0 fully saturated rings. The fourth-order valence-corrected chi connectivity index (χ4v) is 1.31. The first-order valence-corrected chi connectivity index (χ1v) is 4.86. The van der Waals surface area contributed by atoms with Crippen molar-refractivity contribution in [2.45, 2.75) is 38.3 Å². The summed E-state index contributed by atoms with van der Waals surface area (Å²) in [6.45, 7) is 2.82. The Balaban J connectivity index is 2.31. The minimum absolute atomic E-state index is 0.652. The lowest BCUT2D eigenvalue weighted by Gasteiger charge is -2.18. The van der Waals surface area contributed by atoms with Gasteiger partial charge in [0.15, 0.2) is 0 Å². The zero-order chi connectivity index (χ0) is 10.4. The van der Waals surface area contributed by atoms with Crippen molar-refractivity contribution in [2.24, 2.45) is 5.73 Å². The number of nitrogens with zero attached hydrogens (tertiary/aromatic N) is 3. The molecule has 0 spiro atoms. The van der Waals surface area contributed by atoms with Crippen molar-refractivity contribution in [1.82, 2.24) is 9.55 Å². The molecule has 0 radical (unpaired) electrons. The number of aryl methyl sites for hydroxylation is 1. The van der Waals surface area contributed by atoms with E-state index in [9.17, 15) is 0 Å². The standard InChI is InChI=1S/C10H16N4/c1-2-10(12,8-11)4-3-6-14-7-5-13-9-14/h5,7,9H,2-4,6,12H2,1H3. The maximum absolute atomic E-state index is 8.85. The first-order chi connectivity index (χ1) is 6.70. The molecule has 1 atom stereocenters. The van der Waals surface area contributed by atoms with Gasteiger partial charge in [0.05, 0.1) is 12.4 Å². The van der Waals surface area contributed by atoms with Gasteiger partial charge >= 0.3 is 0 Å². The van der Waals surface area contributed by atoms with Crippen LogP contribution in [0.3, 0.4) is 0 Å². The van der Waals surface area contributed by atoms with Crippen molar-refractivity contribution < 1.29 is 0 Å². The Morgan fingerprint density at radius 2 is 2.43 bits per heavy atom. The molecule has 0 saturated heterocycles. The van der Waals surface area contributed by atoms with Crippen LogP contribution in [0.25, 0.3) is 0 Å². The number of hydrogen-bond acceptors (Lipinski definition) is 3. The predicted molar refractivity (Wildman–Crippen MR) is 54.3 cm³/mol. The summed E-state index contributed by atoms with van der Waals surface area (Å²) in [5, 5.41) is 8.85. The van der Waals surface area contributed by atoms with E-state index in [1.54, 1.807) is 12.5 Å². The van der Waals surface area contributed by atoms with Crippen molar-refractivity contribution in [3.63, 3.8) is 0 Å². The van der Waals surface area contributed by atoms with E-state index < -0.39 is 5.54 Å². The number of imidazole rings is 1. The fraction of sp³-hybridized carbons (Fsp3) is 0.600. The summed E-state index contributed by atoms with van der Waals surface area (Å²) >= 11 is 0. The molecule has 1 aromatic heterocycles. The molecule has 1 rings (SSSR count). The summed E-state index contributed by atoms with van der Waals surface area (Å²) in [7, 11) is 0. The number of nitrogens with two attached hydrogens (primary N) is 1. The minimum atomic E-state index is -0.652. The lowest BCUT2D eigenvalue weighted by Crippen LogP contribution is -2.37. The van der Waals surface area contributed by atoms with E-state index in [0.717, 1.165) is 19.4 Å². The van der Waals surface area contributed by atoms with Crippen LogP contribution < -0.4 is 5.73 Å². The van der Waals surface area contributed by atoms with Crippen LogP contribution in [0.1, 0.15) is 26.2 Å². The van der Waals surface area contributed by atoms with Crippen molar-refractivity contribution in [2.75, 3.05) is 0 Å². The Kier molecular flexibility index (Phi) is 3.66. The molecule has 1 aromatic rings. The molecule has 1 unspecified atom stereocenters. The summed E-state index contributed by atoms with van der Waals surface area (Å²) in [5.41, 5.74) is 5.20. The second-order valence-corrected chi connectivity index (χ2v) is 3.53. The molecule has 14 heavy (non-hydrogen) atoms. The number of aromatic nitrogens is 2. The largest absolute Gasteiger partial charge is 0.337 e. The Morgan fingerprint density at radius 3 is 2.93 bits per heavy atom. The van der Waals surface area contributed by atoms with Crippen LogP contribution in [0.15, 0.2) is 18.7 Å². The highest BCUT2D eigenvalue weighted by molar-refractivity contribution is 5.03. The van der Waals surface area contributed by atoms with Crippen LogP contribution in [-0.2, 0) is 6.54 Å². The van der Waals surface area contributed by atoms with Crippen molar-refractivity contribution in [3.8, 4) is 6.07 Å². The molecule has 4 heteroatoms. The van der Waals surface area contributed by atoms with Gasteiger partial charge in [0.2, 0.25) is 0 Å². The Bertz CT molecular complexity index is 298.